The van der Waals surface area contributed by atoms with E-state index in [1.165, 1.54) is 0 Å². The second-order valence-corrected chi connectivity index (χ2v) is 6.70. The Kier molecular flexibility index (Phi) is 4.24. The third-order valence-corrected chi connectivity index (χ3v) is 4.70. The quantitative estimate of drug-likeness (QED) is 0.778. The van der Waals surface area contributed by atoms with Gasteiger partial charge in [-0.05, 0) is 19.8 Å². The van der Waals surface area contributed by atoms with Gasteiger partial charge in [-0.1, -0.05) is 0 Å². The lowest BCUT2D eigenvalue weighted by molar-refractivity contribution is 0.0706. The Bertz CT molecular complexity index is 929. The van der Waals surface area contributed by atoms with Crippen LogP contribution in [-0.2, 0) is 7.05 Å². The molecule has 0 radical (unpaired) electrons. The summed E-state index contributed by atoms with van der Waals surface area (Å²) in [6.07, 6.45) is 10.4. The molecule has 1 N–H and O–H groups in total. The van der Waals surface area contributed by atoms with Crippen molar-refractivity contribution in [1.82, 2.24) is 34.6 Å². The second-order valence-electron chi connectivity index (χ2n) is 6.70. The molecule has 0 saturated carbocycles. The van der Waals surface area contributed by atoms with Crippen molar-refractivity contribution in [3.8, 4) is 11.5 Å². The monoisotopic (exact) mass is 351 g/mol. The molecule has 3 aromatic heterocycles. The fraction of sp³-hybridized carbons (Fsp3) is 0.389. The van der Waals surface area contributed by atoms with Crippen LogP contribution in [-0.4, -0.2) is 53.6 Å². The van der Waals surface area contributed by atoms with Crippen LogP contribution >= 0.6 is 0 Å². The fourth-order valence-corrected chi connectivity index (χ4v) is 3.46. The van der Waals surface area contributed by atoms with Gasteiger partial charge in [-0.15, -0.1) is 0 Å². The third kappa shape index (κ3) is 3.10. The molecule has 0 unspecified atom stereocenters. The first kappa shape index (κ1) is 16.4. The lowest BCUT2D eigenvalue weighted by Gasteiger charge is -2.32. The number of aryl methyl sites for hydroxylation is 2. The first-order valence-corrected chi connectivity index (χ1v) is 8.72. The standard InChI is InChI=1S/C18H21N7O/c1-12-8-21-17(23-12)16-15(19-5-6-20-16)13-4-3-7-25(11-13)18(26)14-9-22-24(2)10-14/h5-6,8-10,13H,3-4,7,11H2,1-2H3,(H,21,23)/t13-/m0/s1. The highest BCUT2D eigenvalue weighted by atomic mass is 16.2. The molecule has 4 rings (SSSR count). The highest BCUT2D eigenvalue weighted by Crippen LogP contribution is 2.31. The fourth-order valence-electron chi connectivity index (χ4n) is 3.46. The Hall–Kier alpha value is -3.03. The topological polar surface area (TPSA) is 92.6 Å². The zero-order valence-corrected chi connectivity index (χ0v) is 14.9. The summed E-state index contributed by atoms with van der Waals surface area (Å²) in [4.78, 5) is 31.4. The first-order valence-electron chi connectivity index (χ1n) is 8.72. The smallest absolute Gasteiger partial charge is 0.257 e. The molecule has 1 saturated heterocycles. The number of H-pyrrole nitrogens is 1. The van der Waals surface area contributed by atoms with Crippen molar-refractivity contribution in [3.63, 3.8) is 0 Å². The van der Waals surface area contributed by atoms with E-state index < -0.39 is 0 Å². The van der Waals surface area contributed by atoms with Crippen LogP contribution in [0.25, 0.3) is 11.5 Å². The molecule has 1 aliphatic rings. The number of carbonyl (C=O) groups excluding carboxylic acids is 1. The molecule has 1 fully saturated rings. The molecule has 0 aromatic carbocycles. The number of likely N-dealkylation sites (tertiary alicyclic amines) is 1. The zero-order chi connectivity index (χ0) is 18.1. The average Bonchev–Trinajstić information content (AvgIpc) is 3.29. The van der Waals surface area contributed by atoms with E-state index in [2.05, 4.69) is 25.0 Å². The Balaban J connectivity index is 1.60. The molecule has 26 heavy (non-hydrogen) atoms. The highest BCUT2D eigenvalue weighted by molar-refractivity contribution is 5.93. The van der Waals surface area contributed by atoms with Gasteiger partial charge < -0.3 is 9.88 Å². The number of aromatic amines is 1. The van der Waals surface area contributed by atoms with Crippen LogP contribution in [0.2, 0.25) is 0 Å². The zero-order valence-electron chi connectivity index (χ0n) is 14.9. The van der Waals surface area contributed by atoms with Gasteiger partial charge in [0.15, 0.2) is 5.82 Å². The van der Waals surface area contributed by atoms with Crippen LogP contribution in [0.5, 0.6) is 0 Å². The van der Waals surface area contributed by atoms with E-state index in [4.69, 9.17) is 0 Å². The Morgan fingerprint density at radius 2 is 2.08 bits per heavy atom. The van der Waals surface area contributed by atoms with Crippen LogP contribution < -0.4 is 0 Å². The Morgan fingerprint density at radius 3 is 2.81 bits per heavy atom. The number of nitrogens with one attached hydrogen (secondary N) is 1. The largest absolute Gasteiger partial charge is 0.341 e. The van der Waals surface area contributed by atoms with E-state index in [1.807, 2.05) is 18.9 Å². The molecule has 1 aliphatic heterocycles. The van der Waals surface area contributed by atoms with Crippen LogP contribution in [0.15, 0.2) is 31.0 Å². The van der Waals surface area contributed by atoms with Crippen molar-refractivity contribution in [2.24, 2.45) is 7.05 Å². The normalized spacial score (nSPS) is 17.5. The number of hydrogen-bond donors (Lipinski definition) is 1. The van der Waals surface area contributed by atoms with Gasteiger partial charge in [0.05, 0.1) is 17.5 Å². The second kappa shape index (κ2) is 6.70. The van der Waals surface area contributed by atoms with Crippen molar-refractivity contribution in [3.05, 3.63) is 47.9 Å². The molecule has 0 aliphatic carbocycles. The number of amides is 1. The van der Waals surface area contributed by atoms with Crippen LogP contribution in [0.1, 0.15) is 40.5 Å². The molecule has 3 aromatic rings. The molecule has 8 nitrogen and oxygen atoms in total. The molecule has 1 amide bonds. The third-order valence-electron chi connectivity index (χ3n) is 4.70. The Morgan fingerprint density at radius 1 is 1.23 bits per heavy atom. The molecular formula is C18H21N7O. The van der Waals surface area contributed by atoms with Gasteiger partial charge in [0, 0.05) is 56.5 Å². The van der Waals surface area contributed by atoms with E-state index in [0.717, 1.165) is 42.3 Å². The molecule has 8 heteroatoms. The summed E-state index contributed by atoms with van der Waals surface area (Å²) in [5.41, 5.74) is 3.26. The predicted octanol–water partition coefficient (Wildman–Crippen LogP) is 1.93. The van der Waals surface area contributed by atoms with Gasteiger partial charge in [-0.25, -0.2) is 9.97 Å². The number of nitrogens with zero attached hydrogens (tertiary/aromatic N) is 6. The Labute approximate surface area is 151 Å². The molecule has 1 atom stereocenters. The van der Waals surface area contributed by atoms with Gasteiger partial charge in [0.25, 0.3) is 5.91 Å². The summed E-state index contributed by atoms with van der Waals surface area (Å²) in [7, 11) is 1.81. The molecule has 134 valence electrons. The number of hydrogen-bond acceptors (Lipinski definition) is 5. The molecule has 4 heterocycles. The minimum atomic E-state index is 0.0158. The van der Waals surface area contributed by atoms with Gasteiger partial charge in [0.2, 0.25) is 0 Å². The van der Waals surface area contributed by atoms with E-state index in [0.29, 0.717) is 12.1 Å². The van der Waals surface area contributed by atoms with Gasteiger partial charge >= 0.3 is 0 Å². The summed E-state index contributed by atoms with van der Waals surface area (Å²) in [6, 6.07) is 0. The summed E-state index contributed by atoms with van der Waals surface area (Å²) >= 11 is 0. The van der Waals surface area contributed by atoms with E-state index in [1.54, 1.807) is 35.7 Å². The van der Waals surface area contributed by atoms with Crippen LogP contribution in [0.3, 0.4) is 0 Å². The molecule has 0 bridgehead atoms. The van der Waals surface area contributed by atoms with E-state index in [-0.39, 0.29) is 11.8 Å². The number of piperidine rings is 1. The van der Waals surface area contributed by atoms with Crippen molar-refractivity contribution >= 4 is 5.91 Å². The lowest BCUT2D eigenvalue weighted by atomic mass is 9.92. The minimum absolute atomic E-state index is 0.0158. The lowest BCUT2D eigenvalue weighted by Crippen LogP contribution is -2.39. The first-order chi connectivity index (χ1) is 12.6. The van der Waals surface area contributed by atoms with Gasteiger partial charge in [-0.3, -0.25) is 14.5 Å². The summed E-state index contributed by atoms with van der Waals surface area (Å²) < 4.78 is 1.65. The SMILES string of the molecule is Cc1cnc(-c2nccnc2[C@H]2CCCN(C(=O)c3cnn(C)c3)C2)[nH]1. The summed E-state index contributed by atoms with van der Waals surface area (Å²) in [6.45, 7) is 3.33. The molecule has 0 spiro atoms. The average molecular weight is 351 g/mol. The summed E-state index contributed by atoms with van der Waals surface area (Å²) in [5.74, 6) is 0.877. The van der Waals surface area contributed by atoms with Gasteiger partial charge in [0.1, 0.15) is 5.69 Å². The number of aromatic nitrogens is 6. The predicted molar refractivity (Wildman–Crippen MR) is 95.4 cm³/mol. The van der Waals surface area contributed by atoms with E-state index >= 15 is 0 Å². The maximum absolute atomic E-state index is 12.8. The van der Waals surface area contributed by atoms with Crippen molar-refractivity contribution < 1.29 is 4.79 Å². The maximum Gasteiger partial charge on any atom is 0.257 e. The number of imidazole rings is 1. The van der Waals surface area contributed by atoms with Crippen LogP contribution in [0, 0.1) is 6.92 Å². The highest BCUT2D eigenvalue weighted by Gasteiger charge is 2.29. The maximum atomic E-state index is 12.8. The van der Waals surface area contributed by atoms with Gasteiger partial charge in [-0.2, -0.15) is 5.10 Å². The van der Waals surface area contributed by atoms with Crippen LogP contribution in [0.4, 0.5) is 0 Å². The van der Waals surface area contributed by atoms with Crippen molar-refractivity contribution in [2.75, 3.05) is 13.1 Å². The van der Waals surface area contributed by atoms with Crippen molar-refractivity contribution in [2.45, 2.75) is 25.7 Å². The van der Waals surface area contributed by atoms with E-state index in [9.17, 15) is 4.79 Å². The van der Waals surface area contributed by atoms with Crippen molar-refractivity contribution in [1.29, 1.82) is 0 Å². The summed E-state index contributed by atoms with van der Waals surface area (Å²) in [5, 5.41) is 4.10. The number of rotatable bonds is 3. The number of carbonyl (C=O) groups is 1. The molecular weight excluding hydrogens is 330 g/mol. The minimum Gasteiger partial charge on any atom is -0.341 e.